The summed E-state index contributed by atoms with van der Waals surface area (Å²) in [5, 5.41) is 6.03. The van der Waals surface area contributed by atoms with Gasteiger partial charge in [-0.15, -0.1) is 16.4 Å². The van der Waals surface area contributed by atoms with Crippen molar-refractivity contribution in [2.75, 3.05) is 13.1 Å². The first kappa shape index (κ1) is 13.9. The number of carbonyl (C=O) groups excluding carboxylic acids is 1. The Hall–Kier alpha value is -1.11. The van der Waals surface area contributed by atoms with Gasteiger partial charge in [0.15, 0.2) is 5.78 Å². The van der Waals surface area contributed by atoms with Crippen LogP contribution in [0.4, 0.5) is 0 Å². The molecule has 0 aromatic carbocycles. The second kappa shape index (κ2) is 6.11. The molecule has 1 aliphatic heterocycles. The Morgan fingerprint density at radius 3 is 3.15 bits per heavy atom. The normalized spacial score (nSPS) is 20.1. The molecular weight excluding hydrogens is 290 g/mol. The lowest BCUT2D eigenvalue weighted by Gasteiger charge is -2.31. The van der Waals surface area contributed by atoms with Crippen LogP contribution in [0.25, 0.3) is 0 Å². The smallest absolute Gasteiger partial charge is 0.177 e. The number of carbonyl (C=O) groups is 1. The molecule has 1 saturated heterocycles. The molecule has 20 heavy (non-hydrogen) atoms. The van der Waals surface area contributed by atoms with Crippen molar-refractivity contribution in [2.45, 2.75) is 26.3 Å². The molecule has 3 heterocycles. The molecule has 2 aromatic heterocycles. The summed E-state index contributed by atoms with van der Waals surface area (Å²) in [7, 11) is 0. The van der Waals surface area contributed by atoms with Gasteiger partial charge in [-0.2, -0.15) is 0 Å². The van der Waals surface area contributed by atoms with Crippen molar-refractivity contribution in [1.29, 1.82) is 0 Å². The van der Waals surface area contributed by atoms with E-state index in [1.54, 1.807) is 11.3 Å². The van der Waals surface area contributed by atoms with Crippen LogP contribution in [0.3, 0.4) is 0 Å². The van der Waals surface area contributed by atoms with Crippen molar-refractivity contribution in [3.8, 4) is 0 Å². The van der Waals surface area contributed by atoms with Gasteiger partial charge < -0.3 is 0 Å². The summed E-state index contributed by atoms with van der Waals surface area (Å²) in [5.74, 6) is 0.451. The van der Waals surface area contributed by atoms with Crippen molar-refractivity contribution in [3.63, 3.8) is 0 Å². The standard InChI is InChI=1S/C14H17N3OS2/c1-10-13(20-16-15-10)9-17-6-2-4-11(8-17)14(18)12-5-3-7-19-12/h3,5,7,11H,2,4,6,8-9H2,1H3. The van der Waals surface area contributed by atoms with Gasteiger partial charge >= 0.3 is 0 Å². The summed E-state index contributed by atoms with van der Waals surface area (Å²) < 4.78 is 3.98. The average Bonchev–Trinajstić information content (AvgIpc) is 3.11. The number of aryl methyl sites for hydroxylation is 1. The highest BCUT2D eigenvalue weighted by atomic mass is 32.1. The third kappa shape index (κ3) is 2.97. The summed E-state index contributed by atoms with van der Waals surface area (Å²) in [6, 6.07) is 3.88. The monoisotopic (exact) mass is 307 g/mol. The minimum atomic E-state index is 0.142. The van der Waals surface area contributed by atoms with E-state index in [0.29, 0.717) is 5.78 Å². The molecule has 6 heteroatoms. The second-order valence-corrected chi connectivity index (χ2v) is 6.98. The van der Waals surface area contributed by atoms with Gasteiger partial charge in [-0.25, -0.2) is 0 Å². The van der Waals surface area contributed by atoms with Crippen LogP contribution in [-0.4, -0.2) is 33.4 Å². The Bertz CT molecular complexity index is 579. The summed E-state index contributed by atoms with van der Waals surface area (Å²) in [4.78, 5) is 16.9. The fourth-order valence-corrected chi connectivity index (χ4v) is 4.05. The molecule has 0 saturated carbocycles. The number of rotatable bonds is 4. The largest absolute Gasteiger partial charge is 0.297 e. The zero-order chi connectivity index (χ0) is 13.9. The molecule has 0 radical (unpaired) electrons. The highest BCUT2D eigenvalue weighted by Crippen LogP contribution is 2.25. The van der Waals surface area contributed by atoms with Gasteiger partial charge in [0.2, 0.25) is 0 Å². The minimum absolute atomic E-state index is 0.142. The van der Waals surface area contributed by atoms with Crippen molar-refractivity contribution in [1.82, 2.24) is 14.5 Å². The number of hydrogen-bond donors (Lipinski definition) is 0. The maximum atomic E-state index is 12.4. The number of piperidine rings is 1. The molecule has 1 aliphatic rings. The van der Waals surface area contributed by atoms with Crippen molar-refractivity contribution in [2.24, 2.45) is 5.92 Å². The molecule has 0 amide bonds. The quantitative estimate of drug-likeness (QED) is 0.815. The molecular formula is C14H17N3OS2. The van der Waals surface area contributed by atoms with Gasteiger partial charge in [0.1, 0.15) is 0 Å². The summed E-state index contributed by atoms with van der Waals surface area (Å²) >= 11 is 3.01. The Morgan fingerprint density at radius 1 is 1.55 bits per heavy atom. The van der Waals surface area contributed by atoms with E-state index in [-0.39, 0.29) is 5.92 Å². The SMILES string of the molecule is Cc1nnsc1CN1CCCC(C(=O)c2cccs2)C1. The van der Waals surface area contributed by atoms with E-state index < -0.39 is 0 Å². The maximum Gasteiger partial charge on any atom is 0.177 e. The Kier molecular flexibility index (Phi) is 4.24. The first-order valence-corrected chi connectivity index (χ1v) is 8.47. The molecule has 1 fully saturated rings. The number of likely N-dealkylation sites (tertiary alicyclic amines) is 1. The Labute approximate surface area is 126 Å². The van der Waals surface area contributed by atoms with Crippen LogP contribution < -0.4 is 0 Å². The summed E-state index contributed by atoms with van der Waals surface area (Å²) in [5.41, 5.74) is 1.02. The molecule has 4 nitrogen and oxygen atoms in total. The van der Waals surface area contributed by atoms with E-state index in [9.17, 15) is 4.79 Å². The lowest BCUT2D eigenvalue weighted by atomic mass is 9.93. The van der Waals surface area contributed by atoms with Crippen LogP contribution in [0.5, 0.6) is 0 Å². The van der Waals surface area contributed by atoms with E-state index in [1.165, 1.54) is 16.4 Å². The fraction of sp³-hybridized carbons (Fsp3) is 0.500. The van der Waals surface area contributed by atoms with Gasteiger partial charge in [-0.3, -0.25) is 9.69 Å². The van der Waals surface area contributed by atoms with E-state index in [4.69, 9.17) is 0 Å². The van der Waals surface area contributed by atoms with E-state index >= 15 is 0 Å². The Morgan fingerprint density at radius 2 is 2.45 bits per heavy atom. The predicted octanol–water partition coefficient (Wildman–Crippen LogP) is 3.00. The van der Waals surface area contributed by atoms with Crippen molar-refractivity contribution < 1.29 is 4.79 Å². The molecule has 1 atom stereocenters. The van der Waals surface area contributed by atoms with Gasteiger partial charge in [0, 0.05) is 19.0 Å². The number of nitrogens with zero attached hydrogens (tertiary/aromatic N) is 3. The molecule has 0 bridgehead atoms. The number of aromatic nitrogens is 2. The van der Waals surface area contributed by atoms with Gasteiger partial charge in [-0.05, 0) is 49.3 Å². The molecule has 2 aromatic rings. The Balaban J connectivity index is 1.65. The number of hydrogen-bond acceptors (Lipinski definition) is 6. The van der Waals surface area contributed by atoms with Gasteiger partial charge in [-0.1, -0.05) is 10.6 Å². The predicted molar refractivity (Wildman–Crippen MR) is 81.3 cm³/mol. The highest BCUT2D eigenvalue weighted by Gasteiger charge is 2.27. The number of Topliss-reactive ketones (excluding diaryl/α,β-unsaturated/α-hetero) is 1. The fourth-order valence-electron chi connectivity index (χ4n) is 2.63. The molecule has 1 unspecified atom stereocenters. The number of thiophene rings is 1. The van der Waals surface area contributed by atoms with Crippen LogP contribution >= 0.6 is 22.9 Å². The lowest BCUT2D eigenvalue weighted by molar-refractivity contribution is 0.0817. The topological polar surface area (TPSA) is 46.1 Å². The minimum Gasteiger partial charge on any atom is -0.297 e. The van der Waals surface area contributed by atoms with Crippen LogP contribution in [0, 0.1) is 12.8 Å². The average molecular weight is 307 g/mol. The van der Waals surface area contributed by atoms with E-state index in [1.807, 2.05) is 24.4 Å². The molecule has 0 N–H and O–H groups in total. The molecule has 106 valence electrons. The third-order valence-electron chi connectivity index (χ3n) is 3.75. The summed E-state index contributed by atoms with van der Waals surface area (Å²) in [6.45, 7) is 4.79. The third-order valence-corrected chi connectivity index (χ3v) is 5.45. The van der Waals surface area contributed by atoms with Crippen LogP contribution in [0.2, 0.25) is 0 Å². The molecule has 3 rings (SSSR count). The van der Waals surface area contributed by atoms with Crippen molar-refractivity contribution >= 4 is 28.7 Å². The zero-order valence-corrected chi connectivity index (χ0v) is 13.0. The first-order chi connectivity index (χ1) is 9.74. The molecule has 0 spiro atoms. The van der Waals surface area contributed by atoms with Crippen LogP contribution in [0.1, 0.15) is 33.1 Å². The zero-order valence-electron chi connectivity index (χ0n) is 11.4. The highest BCUT2D eigenvalue weighted by molar-refractivity contribution is 7.12. The van der Waals surface area contributed by atoms with E-state index in [2.05, 4.69) is 14.5 Å². The van der Waals surface area contributed by atoms with Gasteiger partial charge in [0.25, 0.3) is 0 Å². The van der Waals surface area contributed by atoms with E-state index in [0.717, 1.165) is 43.0 Å². The second-order valence-electron chi connectivity index (χ2n) is 5.20. The van der Waals surface area contributed by atoms with Crippen molar-refractivity contribution in [3.05, 3.63) is 33.0 Å². The summed E-state index contributed by atoms with van der Waals surface area (Å²) in [6.07, 6.45) is 2.10. The van der Waals surface area contributed by atoms with Crippen LogP contribution in [-0.2, 0) is 6.54 Å². The lowest BCUT2D eigenvalue weighted by Crippen LogP contribution is -2.38. The van der Waals surface area contributed by atoms with Gasteiger partial charge in [0.05, 0.1) is 15.4 Å². The number of ketones is 1. The molecule has 0 aliphatic carbocycles. The first-order valence-electron chi connectivity index (χ1n) is 6.82. The maximum absolute atomic E-state index is 12.4. The van der Waals surface area contributed by atoms with Crippen LogP contribution in [0.15, 0.2) is 17.5 Å².